The average molecular weight is 106 g/mol. The van der Waals surface area contributed by atoms with Gasteiger partial charge < -0.3 is 0 Å². The fourth-order valence-corrected chi connectivity index (χ4v) is 0.182. The minimum atomic E-state index is -0.146. The minimum absolute atomic E-state index is 0.146. The van der Waals surface area contributed by atoms with Crippen molar-refractivity contribution in [2.75, 3.05) is 0 Å². The summed E-state index contributed by atoms with van der Waals surface area (Å²) in [5, 5.41) is 0. The van der Waals surface area contributed by atoms with Gasteiger partial charge in [-0.1, -0.05) is 5.92 Å². The maximum atomic E-state index is 10.1. The van der Waals surface area contributed by atoms with Gasteiger partial charge in [-0.15, -0.1) is 0 Å². The molecule has 1 heteroatoms. The lowest BCUT2D eigenvalue weighted by atomic mass is 10.4. The number of carbonyl (C=O) groups excluding carboxylic acids is 1. The molecule has 0 radical (unpaired) electrons. The van der Waals surface area contributed by atoms with Crippen molar-refractivity contribution in [1.82, 2.24) is 0 Å². The summed E-state index contributed by atoms with van der Waals surface area (Å²) in [4.78, 5) is 10.1. The van der Waals surface area contributed by atoms with Gasteiger partial charge in [0.05, 0.1) is 0 Å². The van der Waals surface area contributed by atoms with Gasteiger partial charge in [0.15, 0.2) is 0 Å². The second-order valence-electron chi connectivity index (χ2n) is 1.18. The molecule has 8 heavy (non-hydrogen) atoms. The summed E-state index contributed by atoms with van der Waals surface area (Å²) >= 11 is 0. The van der Waals surface area contributed by atoms with E-state index in [1.54, 1.807) is 6.92 Å². The lowest BCUT2D eigenvalue weighted by Gasteiger charge is -1.62. The summed E-state index contributed by atoms with van der Waals surface area (Å²) in [5.74, 6) is 9.51. The van der Waals surface area contributed by atoms with Crippen molar-refractivity contribution in [2.24, 2.45) is 0 Å². The zero-order chi connectivity index (χ0) is 6.41. The Balaban J connectivity index is 3.81. The topological polar surface area (TPSA) is 17.1 Å². The summed E-state index contributed by atoms with van der Waals surface area (Å²) in [5.41, 5.74) is 0. The van der Waals surface area contributed by atoms with E-state index in [0.29, 0.717) is 0 Å². The van der Waals surface area contributed by atoms with Crippen LogP contribution >= 0.6 is 0 Å². The number of ketones is 1. The van der Waals surface area contributed by atoms with Crippen LogP contribution in [-0.4, -0.2) is 5.78 Å². The van der Waals surface area contributed by atoms with Crippen molar-refractivity contribution in [3.8, 4) is 23.7 Å². The lowest BCUT2D eigenvalue weighted by molar-refractivity contribution is -0.111. The molecule has 40 valence electrons. The SMILES string of the molecule is CC#CC#CC(C)=O. The molecule has 0 aliphatic carbocycles. The van der Waals surface area contributed by atoms with E-state index in [0.717, 1.165) is 0 Å². The number of rotatable bonds is 0. The molecule has 0 aromatic rings. The van der Waals surface area contributed by atoms with Gasteiger partial charge in [-0.3, -0.25) is 4.79 Å². The van der Waals surface area contributed by atoms with Crippen molar-refractivity contribution in [3.05, 3.63) is 0 Å². The smallest absolute Gasteiger partial charge is 0.203 e. The lowest BCUT2D eigenvalue weighted by Crippen LogP contribution is -1.78. The van der Waals surface area contributed by atoms with Crippen molar-refractivity contribution in [1.29, 1.82) is 0 Å². The molecular formula is C7H6O. The quantitative estimate of drug-likeness (QED) is 0.326. The van der Waals surface area contributed by atoms with Crippen molar-refractivity contribution >= 4 is 5.78 Å². The molecule has 0 aromatic carbocycles. The van der Waals surface area contributed by atoms with Crippen LogP contribution in [0.15, 0.2) is 0 Å². The molecule has 0 N–H and O–H groups in total. The molecule has 0 heterocycles. The molecule has 0 bridgehead atoms. The highest BCUT2D eigenvalue weighted by molar-refractivity contribution is 5.93. The van der Waals surface area contributed by atoms with Crippen LogP contribution in [0.4, 0.5) is 0 Å². The Kier molecular flexibility index (Phi) is 3.36. The third-order valence-corrected chi connectivity index (χ3v) is 0.426. The van der Waals surface area contributed by atoms with Crippen LogP contribution in [0.5, 0.6) is 0 Å². The summed E-state index contributed by atoms with van der Waals surface area (Å²) in [7, 11) is 0. The Morgan fingerprint density at radius 3 is 2.38 bits per heavy atom. The molecule has 0 rings (SSSR count). The average Bonchev–Trinajstić information content (AvgIpc) is 1.66. The fraction of sp³-hybridized carbons (Fsp3) is 0.286. The number of carbonyl (C=O) groups is 1. The summed E-state index contributed by atoms with van der Waals surface area (Å²) in [6.45, 7) is 3.08. The van der Waals surface area contributed by atoms with Crippen molar-refractivity contribution in [2.45, 2.75) is 13.8 Å². The van der Waals surface area contributed by atoms with Crippen molar-refractivity contribution < 1.29 is 4.79 Å². The van der Waals surface area contributed by atoms with E-state index in [1.807, 2.05) is 0 Å². The summed E-state index contributed by atoms with van der Waals surface area (Å²) in [6.07, 6.45) is 0. The molecule has 0 aromatic heterocycles. The van der Waals surface area contributed by atoms with Gasteiger partial charge in [-0.25, -0.2) is 0 Å². The van der Waals surface area contributed by atoms with Crippen LogP contribution in [0.1, 0.15) is 13.8 Å². The first-order chi connectivity index (χ1) is 3.77. The van der Waals surface area contributed by atoms with E-state index in [1.165, 1.54) is 6.92 Å². The molecule has 0 saturated carbocycles. The molecule has 0 aliphatic heterocycles. The third kappa shape index (κ3) is 4.79. The highest BCUT2D eigenvalue weighted by atomic mass is 16.1. The van der Waals surface area contributed by atoms with Gasteiger partial charge in [-0.05, 0) is 24.7 Å². The molecule has 0 unspecified atom stereocenters. The van der Waals surface area contributed by atoms with E-state index >= 15 is 0 Å². The number of Topliss-reactive ketones (excluding diaryl/α,β-unsaturated/α-hetero) is 1. The zero-order valence-electron chi connectivity index (χ0n) is 4.91. The molecule has 0 amide bonds. The van der Waals surface area contributed by atoms with Gasteiger partial charge >= 0.3 is 0 Å². The van der Waals surface area contributed by atoms with Crippen LogP contribution in [0.2, 0.25) is 0 Å². The summed E-state index contributed by atoms with van der Waals surface area (Å²) < 4.78 is 0. The monoisotopic (exact) mass is 106 g/mol. The maximum absolute atomic E-state index is 10.1. The molecule has 1 nitrogen and oxygen atoms in total. The first kappa shape index (κ1) is 6.79. The first-order valence-corrected chi connectivity index (χ1v) is 2.20. The predicted molar refractivity (Wildman–Crippen MR) is 31.9 cm³/mol. The van der Waals surface area contributed by atoms with Crippen LogP contribution in [-0.2, 0) is 4.79 Å². The normalized spacial score (nSPS) is 5.25. The number of hydrogen-bond donors (Lipinski definition) is 0. The van der Waals surface area contributed by atoms with Gasteiger partial charge in [0.2, 0.25) is 5.78 Å². The Bertz CT molecular complexity index is 192. The van der Waals surface area contributed by atoms with E-state index in [2.05, 4.69) is 23.7 Å². The second kappa shape index (κ2) is 3.96. The van der Waals surface area contributed by atoms with Gasteiger partial charge in [0.25, 0.3) is 0 Å². The van der Waals surface area contributed by atoms with Crippen LogP contribution in [0.3, 0.4) is 0 Å². The van der Waals surface area contributed by atoms with Gasteiger partial charge in [0, 0.05) is 6.92 Å². The Hall–Kier alpha value is -1.21. The Labute approximate surface area is 49.1 Å². The predicted octanol–water partition coefficient (Wildman–Crippen LogP) is 0.602. The highest BCUT2D eigenvalue weighted by Gasteiger charge is 1.73. The van der Waals surface area contributed by atoms with Crippen LogP contribution < -0.4 is 0 Å². The van der Waals surface area contributed by atoms with Crippen LogP contribution in [0.25, 0.3) is 0 Å². The number of hydrogen-bond acceptors (Lipinski definition) is 1. The van der Waals surface area contributed by atoms with E-state index in [-0.39, 0.29) is 5.78 Å². The Morgan fingerprint density at radius 1 is 1.38 bits per heavy atom. The van der Waals surface area contributed by atoms with E-state index in [4.69, 9.17) is 0 Å². The Morgan fingerprint density at radius 2 is 2.00 bits per heavy atom. The van der Waals surface area contributed by atoms with E-state index < -0.39 is 0 Å². The molecular weight excluding hydrogens is 100 g/mol. The van der Waals surface area contributed by atoms with Crippen molar-refractivity contribution in [3.63, 3.8) is 0 Å². The highest BCUT2D eigenvalue weighted by Crippen LogP contribution is 1.59. The standard InChI is InChI=1S/C7H6O/c1-3-4-5-6-7(2)8/h1-2H3. The third-order valence-electron chi connectivity index (χ3n) is 0.426. The first-order valence-electron chi connectivity index (χ1n) is 2.20. The maximum Gasteiger partial charge on any atom is 0.203 e. The molecule has 0 fully saturated rings. The van der Waals surface area contributed by atoms with Gasteiger partial charge in [-0.2, -0.15) is 0 Å². The minimum Gasteiger partial charge on any atom is -0.285 e. The molecule has 0 atom stereocenters. The van der Waals surface area contributed by atoms with Gasteiger partial charge in [0.1, 0.15) is 0 Å². The van der Waals surface area contributed by atoms with Crippen LogP contribution in [0, 0.1) is 23.7 Å². The summed E-state index contributed by atoms with van der Waals surface area (Å²) in [6, 6.07) is 0. The zero-order valence-corrected chi connectivity index (χ0v) is 4.91. The largest absolute Gasteiger partial charge is 0.285 e. The molecule has 0 spiro atoms. The van der Waals surface area contributed by atoms with E-state index in [9.17, 15) is 4.79 Å². The fourth-order valence-electron chi connectivity index (χ4n) is 0.182. The molecule has 0 aliphatic rings. The molecule has 0 saturated heterocycles. The second-order valence-corrected chi connectivity index (χ2v) is 1.18.